The second-order valence-corrected chi connectivity index (χ2v) is 4.83. The molecule has 78 valence electrons. The summed E-state index contributed by atoms with van der Waals surface area (Å²) in [4.78, 5) is 4.04. The van der Waals surface area contributed by atoms with Gasteiger partial charge in [0.05, 0.1) is 16.5 Å². The molecule has 2 N–H and O–H groups in total. The first-order valence-electron chi connectivity index (χ1n) is 4.74. The normalized spacial score (nSPS) is 15.0. The van der Waals surface area contributed by atoms with Gasteiger partial charge in [0, 0.05) is 11.9 Å². The number of anilines is 1. The molecule has 14 heavy (non-hydrogen) atoms. The van der Waals surface area contributed by atoms with Gasteiger partial charge >= 0.3 is 0 Å². The molecule has 0 aliphatic carbocycles. The molecular weight excluding hydrogens is 196 g/mol. The topological polar surface area (TPSA) is 56.0 Å². The van der Waals surface area contributed by atoms with Crippen molar-refractivity contribution in [2.24, 2.45) is 5.92 Å². The summed E-state index contributed by atoms with van der Waals surface area (Å²) in [5.74, 6) is 1.08. The molecule has 0 saturated carbocycles. The van der Waals surface area contributed by atoms with Crippen molar-refractivity contribution in [2.75, 3.05) is 11.5 Å². The average Bonchev–Trinajstić information content (AvgIpc) is 2.18. The Balaban J connectivity index is 2.75. The second-order valence-electron chi connectivity index (χ2n) is 3.42. The van der Waals surface area contributed by atoms with Crippen LogP contribution in [0.1, 0.15) is 20.3 Å². The number of rotatable bonds is 4. The zero-order valence-corrected chi connectivity index (χ0v) is 9.38. The lowest BCUT2D eigenvalue weighted by atomic mass is 10.2. The number of hydrogen-bond donors (Lipinski definition) is 1. The number of nitrogens with zero attached hydrogens (tertiary/aromatic N) is 1. The van der Waals surface area contributed by atoms with E-state index in [1.165, 1.54) is 0 Å². The molecule has 0 aliphatic rings. The molecule has 0 saturated heterocycles. The zero-order chi connectivity index (χ0) is 10.6. The van der Waals surface area contributed by atoms with E-state index in [9.17, 15) is 4.21 Å². The molecule has 0 aromatic carbocycles. The molecule has 1 heterocycles. The maximum Gasteiger partial charge on any atom is 0.150 e. The molecule has 2 atom stereocenters. The van der Waals surface area contributed by atoms with Crippen LogP contribution in [0.4, 0.5) is 5.69 Å². The van der Waals surface area contributed by atoms with Crippen LogP contribution in [0, 0.1) is 5.92 Å². The molecule has 1 aromatic rings. The highest BCUT2D eigenvalue weighted by molar-refractivity contribution is 7.85. The molecule has 4 heteroatoms. The predicted molar refractivity (Wildman–Crippen MR) is 59.4 cm³/mol. The summed E-state index contributed by atoms with van der Waals surface area (Å²) in [7, 11) is -1.06. The molecule has 3 nitrogen and oxygen atoms in total. The van der Waals surface area contributed by atoms with Gasteiger partial charge in [-0.1, -0.05) is 20.3 Å². The third-order valence-corrected chi connectivity index (χ3v) is 3.79. The lowest BCUT2D eigenvalue weighted by Crippen LogP contribution is -2.10. The summed E-state index contributed by atoms with van der Waals surface area (Å²) >= 11 is 0. The third-order valence-electron chi connectivity index (χ3n) is 2.15. The van der Waals surface area contributed by atoms with Gasteiger partial charge < -0.3 is 5.73 Å². The summed E-state index contributed by atoms with van der Waals surface area (Å²) < 4.78 is 11.8. The molecule has 0 fully saturated rings. The largest absolute Gasteiger partial charge is 0.396 e. The van der Waals surface area contributed by atoms with Crippen molar-refractivity contribution in [3.8, 4) is 0 Å². The first-order valence-corrected chi connectivity index (χ1v) is 6.06. The van der Waals surface area contributed by atoms with Crippen LogP contribution in [0.15, 0.2) is 23.4 Å². The zero-order valence-electron chi connectivity index (χ0n) is 8.56. The Morgan fingerprint density at radius 3 is 2.93 bits per heavy atom. The van der Waals surface area contributed by atoms with Gasteiger partial charge in [-0.15, -0.1) is 0 Å². The van der Waals surface area contributed by atoms with Crippen LogP contribution in [0.2, 0.25) is 0 Å². The van der Waals surface area contributed by atoms with E-state index in [1.54, 1.807) is 18.3 Å². The van der Waals surface area contributed by atoms with E-state index >= 15 is 0 Å². The summed E-state index contributed by atoms with van der Waals surface area (Å²) in [5, 5.41) is 0.521. The maximum atomic E-state index is 11.8. The van der Waals surface area contributed by atoms with Crippen LogP contribution < -0.4 is 5.73 Å². The Labute approximate surface area is 87.2 Å². The van der Waals surface area contributed by atoms with Crippen molar-refractivity contribution in [3.63, 3.8) is 0 Å². The third kappa shape index (κ3) is 2.80. The van der Waals surface area contributed by atoms with Gasteiger partial charge in [0.15, 0.2) is 0 Å². The van der Waals surface area contributed by atoms with Gasteiger partial charge in [0.1, 0.15) is 5.03 Å². The van der Waals surface area contributed by atoms with Crippen LogP contribution in [0.25, 0.3) is 0 Å². The first kappa shape index (κ1) is 11.2. The molecule has 2 unspecified atom stereocenters. The van der Waals surface area contributed by atoms with Crippen LogP contribution in [-0.4, -0.2) is 14.9 Å². The minimum atomic E-state index is -1.06. The minimum Gasteiger partial charge on any atom is -0.396 e. The van der Waals surface area contributed by atoms with Crippen molar-refractivity contribution >= 4 is 16.5 Å². The highest BCUT2D eigenvalue weighted by Crippen LogP contribution is 2.15. The summed E-state index contributed by atoms with van der Waals surface area (Å²) in [5.41, 5.74) is 6.21. The first-order chi connectivity index (χ1) is 6.65. The van der Waals surface area contributed by atoms with Crippen LogP contribution in [-0.2, 0) is 10.8 Å². The predicted octanol–water partition coefficient (Wildman–Crippen LogP) is 1.82. The molecule has 0 aliphatic heterocycles. The van der Waals surface area contributed by atoms with Gasteiger partial charge in [0.2, 0.25) is 0 Å². The second kappa shape index (κ2) is 5.10. The highest BCUT2D eigenvalue weighted by atomic mass is 32.2. The Hall–Kier alpha value is -0.900. The minimum absolute atomic E-state index is 0.442. The molecule has 0 spiro atoms. The number of pyridine rings is 1. The Morgan fingerprint density at radius 1 is 1.64 bits per heavy atom. The van der Waals surface area contributed by atoms with Gasteiger partial charge in [-0.2, -0.15) is 0 Å². The molecule has 0 amide bonds. The molecular formula is C10H16N2OS. The summed E-state index contributed by atoms with van der Waals surface area (Å²) in [6, 6.07) is 3.48. The quantitative estimate of drug-likeness (QED) is 0.828. The number of aromatic nitrogens is 1. The average molecular weight is 212 g/mol. The van der Waals surface area contributed by atoms with E-state index in [1.807, 2.05) is 0 Å². The molecule has 1 aromatic heterocycles. The van der Waals surface area contributed by atoms with Gasteiger partial charge in [-0.25, -0.2) is 4.98 Å². The smallest absolute Gasteiger partial charge is 0.150 e. The van der Waals surface area contributed by atoms with Crippen molar-refractivity contribution in [1.29, 1.82) is 0 Å². The van der Waals surface area contributed by atoms with Gasteiger partial charge in [-0.3, -0.25) is 4.21 Å². The van der Waals surface area contributed by atoms with E-state index in [0.717, 1.165) is 6.42 Å². The van der Waals surface area contributed by atoms with Crippen molar-refractivity contribution in [2.45, 2.75) is 25.3 Å². The standard InChI is InChI=1S/C10H16N2OS/c1-3-8(2)7-14(13)10-9(11)5-4-6-12-10/h4-6,8H,3,7,11H2,1-2H3. The lowest BCUT2D eigenvalue weighted by Gasteiger charge is -2.08. The summed E-state index contributed by atoms with van der Waals surface area (Å²) in [6.45, 7) is 4.17. The van der Waals surface area contributed by atoms with Crippen LogP contribution in [0.3, 0.4) is 0 Å². The van der Waals surface area contributed by atoms with Gasteiger partial charge in [-0.05, 0) is 18.1 Å². The number of hydrogen-bond acceptors (Lipinski definition) is 3. The van der Waals surface area contributed by atoms with Crippen molar-refractivity contribution < 1.29 is 4.21 Å². The fourth-order valence-electron chi connectivity index (χ4n) is 1.05. The van der Waals surface area contributed by atoms with Gasteiger partial charge in [0.25, 0.3) is 0 Å². The van der Waals surface area contributed by atoms with Crippen molar-refractivity contribution in [1.82, 2.24) is 4.98 Å². The molecule has 0 bridgehead atoms. The molecule has 1 rings (SSSR count). The lowest BCUT2D eigenvalue weighted by molar-refractivity contribution is 0.614. The monoisotopic (exact) mass is 212 g/mol. The number of nitrogens with two attached hydrogens (primary N) is 1. The maximum absolute atomic E-state index is 11.8. The highest BCUT2D eigenvalue weighted by Gasteiger charge is 2.11. The van der Waals surface area contributed by atoms with Crippen LogP contribution >= 0.6 is 0 Å². The fraction of sp³-hybridized carbons (Fsp3) is 0.500. The van der Waals surface area contributed by atoms with Crippen LogP contribution in [0.5, 0.6) is 0 Å². The van der Waals surface area contributed by atoms with E-state index in [-0.39, 0.29) is 0 Å². The van der Waals surface area contributed by atoms with Crippen molar-refractivity contribution in [3.05, 3.63) is 18.3 Å². The van der Waals surface area contributed by atoms with E-state index in [2.05, 4.69) is 18.8 Å². The fourth-order valence-corrected chi connectivity index (χ4v) is 2.47. The van der Waals surface area contributed by atoms with E-state index in [4.69, 9.17) is 5.73 Å². The van der Waals surface area contributed by atoms with E-state index in [0.29, 0.717) is 22.4 Å². The number of nitrogen functional groups attached to an aromatic ring is 1. The Kier molecular flexibility index (Phi) is 4.07. The summed E-state index contributed by atoms with van der Waals surface area (Å²) in [6.07, 6.45) is 2.65. The van der Waals surface area contributed by atoms with E-state index < -0.39 is 10.8 Å². The SMILES string of the molecule is CCC(C)CS(=O)c1ncccc1N. The molecule has 0 radical (unpaired) electrons. The Morgan fingerprint density at radius 2 is 2.36 bits per heavy atom. The Bertz CT molecular complexity index is 328.